The molecule has 0 saturated carbocycles. The molecule has 0 atom stereocenters. The summed E-state index contributed by atoms with van der Waals surface area (Å²) in [7, 11) is 0. The topological polar surface area (TPSA) is 81.5 Å². The highest BCUT2D eigenvalue weighted by molar-refractivity contribution is 5.96. The molecule has 76 valence electrons. The van der Waals surface area contributed by atoms with E-state index in [-0.39, 0.29) is 11.4 Å². The Morgan fingerprint density at radius 1 is 1.47 bits per heavy atom. The Bertz CT molecular complexity index is 481. The summed E-state index contributed by atoms with van der Waals surface area (Å²) < 4.78 is 4.70. The van der Waals surface area contributed by atoms with Gasteiger partial charge in [0.1, 0.15) is 5.76 Å². The van der Waals surface area contributed by atoms with Gasteiger partial charge in [-0.25, -0.2) is 4.79 Å². The highest BCUT2D eigenvalue weighted by Crippen LogP contribution is 2.31. The number of benzene rings is 1. The third kappa shape index (κ3) is 1.52. The Morgan fingerprint density at radius 2 is 2.20 bits per heavy atom. The predicted molar refractivity (Wildman–Crippen MR) is 52.2 cm³/mol. The van der Waals surface area contributed by atoms with E-state index in [1.165, 1.54) is 18.2 Å². The van der Waals surface area contributed by atoms with Gasteiger partial charge in [0, 0.05) is 17.7 Å². The standard InChI is InChI=1S/C9H6N2O4/c1-5-7-3-2-6(11(13)14)4-8(7)10-9(12)15-5/h2-4H,1H2,(H,10,12). The Kier molecular flexibility index (Phi) is 1.89. The first-order valence-electron chi connectivity index (χ1n) is 4.04. The fraction of sp³-hybridized carbons (Fsp3) is 0. The summed E-state index contributed by atoms with van der Waals surface area (Å²) in [6, 6.07) is 4.07. The summed E-state index contributed by atoms with van der Waals surface area (Å²) in [5, 5.41) is 12.8. The molecule has 0 bridgehead atoms. The number of nitrogens with zero attached hydrogens (tertiary/aromatic N) is 1. The minimum Gasteiger partial charge on any atom is -0.410 e. The number of amides is 1. The van der Waals surface area contributed by atoms with E-state index >= 15 is 0 Å². The normalized spacial score (nSPS) is 13.9. The number of carbonyl (C=O) groups excluding carboxylic acids is 1. The number of nitrogens with one attached hydrogen (secondary N) is 1. The Hall–Kier alpha value is -2.37. The second-order valence-corrected chi connectivity index (χ2v) is 2.92. The van der Waals surface area contributed by atoms with E-state index in [9.17, 15) is 14.9 Å². The van der Waals surface area contributed by atoms with Crippen LogP contribution in [-0.4, -0.2) is 11.0 Å². The lowest BCUT2D eigenvalue weighted by Crippen LogP contribution is -2.19. The number of hydrogen-bond donors (Lipinski definition) is 1. The fourth-order valence-electron chi connectivity index (χ4n) is 1.29. The molecule has 6 nitrogen and oxygen atoms in total. The van der Waals surface area contributed by atoms with Gasteiger partial charge in [-0.15, -0.1) is 0 Å². The summed E-state index contributed by atoms with van der Waals surface area (Å²) in [6.45, 7) is 3.53. The van der Waals surface area contributed by atoms with Crippen molar-refractivity contribution >= 4 is 23.2 Å². The first-order chi connectivity index (χ1) is 7.08. The van der Waals surface area contributed by atoms with Gasteiger partial charge in [-0.1, -0.05) is 6.58 Å². The molecule has 1 heterocycles. The number of non-ortho nitro benzene ring substituents is 1. The third-order valence-corrected chi connectivity index (χ3v) is 1.97. The lowest BCUT2D eigenvalue weighted by Gasteiger charge is -2.18. The molecule has 6 heteroatoms. The highest BCUT2D eigenvalue weighted by Gasteiger charge is 2.21. The second kappa shape index (κ2) is 3.09. The molecule has 0 fully saturated rings. The number of nitro groups is 1. The van der Waals surface area contributed by atoms with Crippen molar-refractivity contribution in [2.75, 3.05) is 5.32 Å². The summed E-state index contributed by atoms with van der Waals surface area (Å²) in [4.78, 5) is 20.9. The molecule has 2 rings (SSSR count). The van der Waals surface area contributed by atoms with Gasteiger partial charge >= 0.3 is 6.09 Å². The molecular weight excluding hydrogens is 200 g/mol. The van der Waals surface area contributed by atoms with Gasteiger partial charge in [-0.3, -0.25) is 15.4 Å². The predicted octanol–water partition coefficient (Wildman–Crippen LogP) is 2.13. The van der Waals surface area contributed by atoms with Crippen molar-refractivity contribution in [2.45, 2.75) is 0 Å². The number of cyclic esters (lactones) is 1. The van der Waals surface area contributed by atoms with Gasteiger partial charge in [0.25, 0.3) is 5.69 Å². The molecule has 15 heavy (non-hydrogen) atoms. The quantitative estimate of drug-likeness (QED) is 0.563. The molecule has 0 spiro atoms. The zero-order valence-electron chi connectivity index (χ0n) is 7.52. The van der Waals surface area contributed by atoms with Crippen LogP contribution in [0.1, 0.15) is 5.56 Å². The van der Waals surface area contributed by atoms with Crippen molar-refractivity contribution in [2.24, 2.45) is 0 Å². The van der Waals surface area contributed by atoms with E-state index in [4.69, 9.17) is 4.74 Å². The van der Waals surface area contributed by atoms with Crippen LogP contribution in [0, 0.1) is 10.1 Å². The van der Waals surface area contributed by atoms with Crippen molar-refractivity contribution in [3.63, 3.8) is 0 Å². The molecule has 0 unspecified atom stereocenters. The van der Waals surface area contributed by atoms with E-state index in [0.29, 0.717) is 11.3 Å². The van der Waals surface area contributed by atoms with Crippen LogP contribution in [0.2, 0.25) is 0 Å². The first kappa shape index (κ1) is 9.20. The summed E-state index contributed by atoms with van der Waals surface area (Å²) in [5.74, 6) is 0.184. The second-order valence-electron chi connectivity index (χ2n) is 2.92. The van der Waals surface area contributed by atoms with Crippen LogP contribution in [0.15, 0.2) is 24.8 Å². The van der Waals surface area contributed by atoms with Gasteiger partial charge in [-0.2, -0.15) is 0 Å². The van der Waals surface area contributed by atoms with Gasteiger partial charge in [0.2, 0.25) is 0 Å². The lowest BCUT2D eigenvalue weighted by molar-refractivity contribution is -0.384. The molecule has 0 aliphatic carbocycles. The molecule has 1 amide bonds. The van der Waals surface area contributed by atoms with Crippen molar-refractivity contribution in [1.82, 2.24) is 0 Å². The number of rotatable bonds is 1. The zero-order chi connectivity index (χ0) is 11.0. The van der Waals surface area contributed by atoms with E-state index in [2.05, 4.69) is 11.9 Å². The molecule has 0 radical (unpaired) electrons. The Balaban J connectivity index is 2.52. The number of ether oxygens (including phenoxy) is 1. The highest BCUT2D eigenvalue weighted by atomic mass is 16.6. The molecule has 1 aliphatic heterocycles. The van der Waals surface area contributed by atoms with Crippen LogP contribution >= 0.6 is 0 Å². The SMILES string of the molecule is C=C1OC(=O)Nc2cc([N+](=O)[O-])ccc21. The van der Waals surface area contributed by atoms with E-state index in [1.54, 1.807) is 0 Å². The molecule has 0 saturated heterocycles. The lowest BCUT2D eigenvalue weighted by atomic mass is 10.1. The largest absolute Gasteiger partial charge is 0.417 e. The van der Waals surface area contributed by atoms with E-state index < -0.39 is 11.0 Å². The maximum absolute atomic E-state index is 11.0. The smallest absolute Gasteiger partial charge is 0.410 e. The number of carbonyl (C=O) groups is 1. The van der Waals surface area contributed by atoms with Crippen LogP contribution in [0.3, 0.4) is 0 Å². The van der Waals surface area contributed by atoms with Gasteiger partial charge < -0.3 is 4.74 Å². The minimum absolute atomic E-state index is 0.0937. The average molecular weight is 206 g/mol. The monoisotopic (exact) mass is 206 g/mol. The van der Waals surface area contributed by atoms with Crippen LogP contribution in [-0.2, 0) is 4.74 Å². The third-order valence-electron chi connectivity index (χ3n) is 1.97. The molecule has 1 aromatic rings. The van der Waals surface area contributed by atoms with Crippen molar-refractivity contribution in [3.05, 3.63) is 40.5 Å². The van der Waals surface area contributed by atoms with Gasteiger partial charge in [-0.05, 0) is 6.07 Å². The van der Waals surface area contributed by atoms with E-state index in [0.717, 1.165) is 0 Å². The molecule has 1 aliphatic rings. The summed E-state index contributed by atoms with van der Waals surface area (Å²) in [5.41, 5.74) is 0.786. The van der Waals surface area contributed by atoms with Crippen molar-refractivity contribution < 1.29 is 14.5 Å². The maximum Gasteiger partial charge on any atom is 0.417 e. The molecular formula is C9H6N2O4. The Labute approximate surface area is 84.3 Å². The van der Waals surface area contributed by atoms with Crippen LogP contribution in [0.4, 0.5) is 16.2 Å². The molecule has 1 aromatic carbocycles. The molecule has 0 aromatic heterocycles. The summed E-state index contributed by atoms with van der Waals surface area (Å²) >= 11 is 0. The van der Waals surface area contributed by atoms with Gasteiger partial charge in [0.05, 0.1) is 10.6 Å². The zero-order valence-corrected chi connectivity index (χ0v) is 7.52. The number of fused-ring (bicyclic) bond motifs is 1. The first-order valence-corrected chi connectivity index (χ1v) is 4.04. The average Bonchev–Trinajstić information content (AvgIpc) is 2.16. The van der Waals surface area contributed by atoms with Crippen LogP contribution in [0.5, 0.6) is 0 Å². The van der Waals surface area contributed by atoms with Crippen molar-refractivity contribution in [3.8, 4) is 0 Å². The van der Waals surface area contributed by atoms with Crippen LogP contribution < -0.4 is 5.32 Å². The molecule has 1 N–H and O–H groups in total. The minimum atomic E-state index is -0.687. The van der Waals surface area contributed by atoms with Gasteiger partial charge in [0.15, 0.2) is 0 Å². The number of hydrogen-bond acceptors (Lipinski definition) is 4. The van der Waals surface area contributed by atoms with Crippen LogP contribution in [0.25, 0.3) is 5.76 Å². The van der Waals surface area contributed by atoms with Crippen molar-refractivity contribution in [1.29, 1.82) is 0 Å². The number of anilines is 1. The Morgan fingerprint density at radius 3 is 2.87 bits per heavy atom. The maximum atomic E-state index is 11.0. The van der Waals surface area contributed by atoms with E-state index in [1.807, 2.05) is 0 Å². The summed E-state index contributed by atoms with van der Waals surface area (Å²) in [6.07, 6.45) is -0.687. The number of nitro benzene ring substituents is 1. The fourth-order valence-corrected chi connectivity index (χ4v) is 1.29.